The Labute approximate surface area is 98.1 Å². The van der Waals surface area contributed by atoms with E-state index in [1.54, 1.807) is 18.2 Å². The van der Waals surface area contributed by atoms with E-state index in [4.69, 9.17) is 5.73 Å². The highest BCUT2D eigenvalue weighted by Gasteiger charge is 2.34. The summed E-state index contributed by atoms with van der Waals surface area (Å²) >= 11 is 0. The third kappa shape index (κ3) is 2.25. The minimum Gasteiger partial charge on any atom is -0.399 e. The predicted molar refractivity (Wildman–Crippen MR) is 59.9 cm³/mol. The Kier molecular flexibility index (Phi) is 3.05. The first-order valence-electron chi connectivity index (χ1n) is 5.05. The zero-order valence-electron chi connectivity index (χ0n) is 8.94. The van der Waals surface area contributed by atoms with Gasteiger partial charge < -0.3 is 5.73 Å². The summed E-state index contributed by atoms with van der Waals surface area (Å²) < 4.78 is 48.3. The smallest absolute Gasteiger partial charge is 0.350 e. The van der Waals surface area contributed by atoms with Gasteiger partial charge in [0.05, 0.1) is 0 Å². The van der Waals surface area contributed by atoms with Gasteiger partial charge in [0.2, 0.25) is 0 Å². The highest BCUT2D eigenvalue weighted by atomic mass is 32.2. The molecular formula is C10H12F2N2O2S. The minimum absolute atomic E-state index is 0.0347. The molecule has 0 bridgehead atoms. The van der Waals surface area contributed by atoms with E-state index in [1.165, 1.54) is 0 Å². The van der Waals surface area contributed by atoms with Crippen molar-refractivity contribution in [1.29, 1.82) is 0 Å². The molecule has 1 heterocycles. The molecule has 0 fully saturated rings. The molecule has 2 rings (SSSR count). The molecular weight excluding hydrogens is 250 g/mol. The summed E-state index contributed by atoms with van der Waals surface area (Å²) in [6.07, 6.45) is 0.432. The van der Waals surface area contributed by atoms with Gasteiger partial charge in [-0.25, -0.2) is 8.42 Å². The van der Waals surface area contributed by atoms with Gasteiger partial charge >= 0.3 is 5.76 Å². The van der Waals surface area contributed by atoms with Crippen LogP contribution in [0.4, 0.5) is 14.5 Å². The summed E-state index contributed by atoms with van der Waals surface area (Å²) in [5.74, 6) is -3.37. The van der Waals surface area contributed by atoms with E-state index in [1.807, 2.05) is 0 Å². The number of hydrogen-bond donors (Lipinski definition) is 1. The van der Waals surface area contributed by atoms with Crippen LogP contribution in [0, 0.1) is 0 Å². The van der Waals surface area contributed by atoms with Crippen LogP contribution in [0.3, 0.4) is 0 Å². The molecule has 4 nitrogen and oxygen atoms in total. The van der Waals surface area contributed by atoms with Crippen LogP contribution in [0.1, 0.15) is 11.1 Å². The van der Waals surface area contributed by atoms with Crippen LogP contribution >= 0.6 is 0 Å². The van der Waals surface area contributed by atoms with Gasteiger partial charge in [-0.05, 0) is 29.7 Å². The van der Waals surface area contributed by atoms with E-state index in [0.29, 0.717) is 17.7 Å². The standard InChI is InChI=1S/C10H12F2N2O2S/c11-10(12)17(15,16)14-4-3-7-1-2-9(13)5-8(7)6-14/h1-2,5,10H,3-4,6,13H2. The van der Waals surface area contributed by atoms with Crippen LogP contribution < -0.4 is 5.73 Å². The molecule has 1 aliphatic heterocycles. The van der Waals surface area contributed by atoms with Crippen molar-refractivity contribution in [3.8, 4) is 0 Å². The fourth-order valence-electron chi connectivity index (χ4n) is 1.88. The van der Waals surface area contributed by atoms with Gasteiger partial charge in [-0.3, -0.25) is 0 Å². The van der Waals surface area contributed by atoms with Crippen molar-refractivity contribution in [2.45, 2.75) is 18.7 Å². The number of nitrogen functional groups attached to an aromatic ring is 1. The van der Waals surface area contributed by atoms with Crippen LogP contribution in [0.2, 0.25) is 0 Å². The zero-order chi connectivity index (χ0) is 12.6. The molecule has 17 heavy (non-hydrogen) atoms. The first kappa shape index (κ1) is 12.3. The van der Waals surface area contributed by atoms with E-state index in [9.17, 15) is 17.2 Å². The number of nitrogens with two attached hydrogens (primary N) is 1. The van der Waals surface area contributed by atoms with Gasteiger partial charge in [0.15, 0.2) is 0 Å². The lowest BCUT2D eigenvalue weighted by molar-refractivity contribution is 0.216. The summed E-state index contributed by atoms with van der Waals surface area (Å²) in [6.45, 7) is 0.0522. The largest absolute Gasteiger partial charge is 0.399 e. The van der Waals surface area contributed by atoms with Crippen LogP contribution in [0.5, 0.6) is 0 Å². The van der Waals surface area contributed by atoms with Crippen molar-refractivity contribution in [2.75, 3.05) is 12.3 Å². The van der Waals surface area contributed by atoms with Gasteiger partial charge in [-0.15, -0.1) is 0 Å². The molecule has 1 aromatic rings. The van der Waals surface area contributed by atoms with E-state index >= 15 is 0 Å². The molecule has 2 N–H and O–H groups in total. The van der Waals surface area contributed by atoms with Crippen LogP contribution in [-0.4, -0.2) is 25.0 Å². The summed E-state index contributed by atoms with van der Waals surface area (Å²) in [5, 5.41) is 0. The minimum atomic E-state index is -4.50. The van der Waals surface area contributed by atoms with Crippen LogP contribution in [-0.2, 0) is 23.0 Å². The second kappa shape index (κ2) is 4.23. The lowest BCUT2D eigenvalue weighted by Crippen LogP contribution is -2.39. The predicted octanol–water partition coefficient (Wildman–Crippen LogP) is 1.18. The average Bonchev–Trinajstić information content (AvgIpc) is 2.27. The van der Waals surface area contributed by atoms with Gasteiger partial charge in [0, 0.05) is 18.8 Å². The van der Waals surface area contributed by atoms with Crippen molar-refractivity contribution >= 4 is 15.7 Å². The van der Waals surface area contributed by atoms with Gasteiger partial charge in [-0.2, -0.15) is 13.1 Å². The summed E-state index contributed by atoms with van der Waals surface area (Å²) in [5.41, 5.74) is 7.73. The average molecular weight is 262 g/mol. The Hall–Kier alpha value is -1.21. The fourth-order valence-corrected chi connectivity index (χ4v) is 2.77. The molecule has 0 saturated carbocycles. The number of benzene rings is 1. The summed E-state index contributed by atoms with van der Waals surface area (Å²) in [7, 11) is -4.50. The number of hydrogen-bond acceptors (Lipinski definition) is 3. The zero-order valence-corrected chi connectivity index (χ0v) is 9.75. The SMILES string of the molecule is Nc1ccc2c(c1)CN(S(=O)(=O)C(F)F)CC2. The Morgan fingerprint density at radius 1 is 1.29 bits per heavy atom. The topological polar surface area (TPSA) is 63.4 Å². The third-order valence-electron chi connectivity index (χ3n) is 2.79. The van der Waals surface area contributed by atoms with E-state index < -0.39 is 15.8 Å². The number of alkyl halides is 2. The number of fused-ring (bicyclic) bond motifs is 1. The monoisotopic (exact) mass is 262 g/mol. The quantitative estimate of drug-likeness (QED) is 0.814. The molecule has 0 aromatic heterocycles. The van der Waals surface area contributed by atoms with Crippen molar-refractivity contribution < 1.29 is 17.2 Å². The fraction of sp³-hybridized carbons (Fsp3) is 0.400. The summed E-state index contributed by atoms with van der Waals surface area (Å²) in [4.78, 5) is 0. The molecule has 1 aromatic carbocycles. The normalized spacial score (nSPS) is 17.1. The number of nitrogens with zero attached hydrogens (tertiary/aromatic N) is 1. The van der Waals surface area contributed by atoms with Gasteiger partial charge in [0.1, 0.15) is 0 Å². The Morgan fingerprint density at radius 3 is 2.65 bits per heavy atom. The molecule has 0 radical (unpaired) electrons. The van der Waals surface area contributed by atoms with E-state index in [0.717, 1.165) is 9.87 Å². The first-order valence-corrected chi connectivity index (χ1v) is 6.56. The second-order valence-corrected chi connectivity index (χ2v) is 5.82. The maximum absolute atomic E-state index is 12.4. The van der Waals surface area contributed by atoms with E-state index in [-0.39, 0.29) is 13.1 Å². The maximum Gasteiger partial charge on any atom is 0.350 e. The Morgan fingerprint density at radius 2 is 2.00 bits per heavy atom. The van der Waals surface area contributed by atoms with Gasteiger partial charge in [-0.1, -0.05) is 6.07 Å². The highest BCUT2D eigenvalue weighted by molar-refractivity contribution is 7.89. The molecule has 0 unspecified atom stereocenters. The first-order chi connectivity index (χ1) is 7.91. The number of rotatable bonds is 2. The lowest BCUT2D eigenvalue weighted by atomic mass is 10.0. The van der Waals surface area contributed by atoms with Crippen molar-refractivity contribution in [3.63, 3.8) is 0 Å². The summed E-state index contributed by atoms with van der Waals surface area (Å²) in [6, 6.07) is 5.15. The molecule has 0 spiro atoms. The van der Waals surface area contributed by atoms with Crippen molar-refractivity contribution in [3.05, 3.63) is 29.3 Å². The number of sulfonamides is 1. The maximum atomic E-state index is 12.4. The molecule has 94 valence electrons. The Balaban J connectivity index is 2.30. The third-order valence-corrected chi connectivity index (χ3v) is 4.27. The highest BCUT2D eigenvalue weighted by Crippen LogP contribution is 2.25. The van der Waals surface area contributed by atoms with E-state index in [2.05, 4.69) is 0 Å². The molecule has 0 saturated heterocycles. The molecule has 1 aliphatic rings. The Bertz CT molecular complexity index is 531. The molecule has 0 amide bonds. The van der Waals surface area contributed by atoms with Crippen molar-refractivity contribution in [2.24, 2.45) is 0 Å². The number of halogens is 2. The second-order valence-electron chi connectivity index (χ2n) is 3.92. The molecule has 0 atom stereocenters. The van der Waals surface area contributed by atoms with Crippen LogP contribution in [0.25, 0.3) is 0 Å². The molecule has 7 heteroatoms. The lowest BCUT2D eigenvalue weighted by Gasteiger charge is -2.27. The van der Waals surface area contributed by atoms with Crippen molar-refractivity contribution in [1.82, 2.24) is 4.31 Å². The van der Waals surface area contributed by atoms with Crippen LogP contribution in [0.15, 0.2) is 18.2 Å². The molecule has 0 aliphatic carbocycles. The van der Waals surface area contributed by atoms with Gasteiger partial charge in [0.25, 0.3) is 10.0 Å². The number of anilines is 1.